The Morgan fingerprint density at radius 1 is 1.56 bits per heavy atom. The number of anilines is 1. The van der Waals surface area contributed by atoms with Crippen LogP contribution < -0.4 is 4.90 Å². The van der Waals surface area contributed by atoms with E-state index >= 15 is 0 Å². The molecular formula is C13H18N2O2S. The summed E-state index contributed by atoms with van der Waals surface area (Å²) >= 11 is 1.71. The van der Waals surface area contributed by atoms with Crippen molar-refractivity contribution in [2.75, 3.05) is 11.4 Å². The summed E-state index contributed by atoms with van der Waals surface area (Å²) in [6, 6.07) is 0.597. The molecule has 1 aliphatic heterocycles. The second-order valence-electron chi connectivity index (χ2n) is 5.13. The second kappa shape index (κ2) is 4.53. The molecule has 98 valence electrons. The van der Waals surface area contributed by atoms with Gasteiger partial charge in [-0.15, -0.1) is 11.3 Å². The Bertz CT molecular complexity index is 472. The number of thiazole rings is 1. The first kappa shape index (κ1) is 12.0. The van der Waals surface area contributed by atoms with E-state index in [4.69, 9.17) is 0 Å². The smallest absolute Gasteiger partial charge is 0.312 e. The topological polar surface area (TPSA) is 53.4 Å². The quantitative estimate of drug-likeness (QED) is 0.913. The van der Waals surface area contributed by atoms with Crippen LogP contribution in [0.1, 0.15) is 49.1 Å². The van der Waals surface area contributed by atoms with E-state index in [2.05, 4.69) is 16.8 Å². The highest BCUT2D eigenvalue weighted by Gasteiger charge is 2.34. The zero-order valence-electron chi connectivity index (χ0n) is 10.6. The molecule has 2 aliphatic rings. The van der Waals surface area contributed by atoms with Gasteiger partial charge < -0.3 is 10.0 Å². The number of carbonyl (C=O) groups is 1. The maximum Gasteiger partial charge on any atom is 0.312 e. The van der Waals surface area contributed by atoms with E-state index in [-0.39, 0.29) is 5.92 Å². The number of rotatable bonds is 3. The number of aryl methyl sites for hydroxylation is 1. The van der Waals surface area contributed by atoms with Crippen molar-refractivity contribution in [2.24, 2.45) is 0 Å². The Morgan fingerprint density at radius 2 is 2.39 bits per heavy atom. The van der Waals surface area contributed by atoms with Gasteiger partial charge in [0.25, 0.3) is 0 Å². The third-order valence-electron chi connectivity index (χ3n) is 4.10. The predicted molar refractivity (Wildman–Crippen MR) is 71.5 cm³/mol. The maximum atomic E-state index is 11.2. The van der Waals surface area contributed by atoms with Gasteiger partial charge in [-0.2, -0.15) is 0 Å². The molecule has 5 heteroatoms. The summed E-state index contributed by atoms with van der Waals surface area (Å²) in [5.41, 5.74) is 0.837. The zero-order valence-corrected chi connectivity index (χ0v) is 11.4. The molecule has 1 aliphatic carbocycles. The fourth-order valence-corrected chi connectivity index (χ4v) is 4.32. The largest absolute Gasteiger partial charge is 0.481 e. The molecule has 1 saturated heterocycles. The average Bonchev–Trinajstić information content (AvgIpc) is 3.01. The third kappa shape index (κ3) is 1.81. The molecule has 0 spiro atoms. The summed E-state index contributed by atoms with van der Waals surface area (Å²) in [5.74, 6) is -1.09. The molecule has 3 rings (SSSR count). The lowest BCUT2D eigenvalue weighted by atomic mass is 10.1. The normalized spacial score (nSPS) is 26.6. The van der Waals surface area contributed by atoms with Crippen LogP contribution in [-0.4, -0.2) is 28.6 Å². The fourth-order valence-electron chi connectivity index (χ4n) is 3.09. The molecule has 1 fully saturated rings. The zero-order chi connectivity index (χ0) is 12.7. The second-order valence-corrected chi connectivity index (χ2v) is 6.19. The number of nitrogens with zero attached hydrogens (tertiary/aromatic N) is 2. The van der Waals surface area contributed by atoms with E-state index < -0.39 is 5.97 Å². The molecule has 2 atom stereocenters. The van der Waals surface area contributed by atoms with Crippen LogP contribution in [0.25, 0.3) is 0 Å². The van der Waals surface area contributed by atoms with Gasteiger partial charge in [0.2, 0.25) is 0 Å². The number of carboxylic acids is 1. The van der Waals surface area contributed by atoms with Gasteiger partial charge in [0.05, 0.1) is 5.69 Å². The van der Waals surface area contributed by atoms with Gasteiger partial charge in [0.1, 0.15) is 5.92 Å². The molecule has 0 radical (unpaired) electrons. The summed E-state index contributed by atoms with van der Waals surface area (Å²) in [5, 5.41) is 10.2. The van der Waals surface area contributed by atoms with Gasteiger partial charge in [-0.05, 0) is 32.1 Å². The van der Waals surface area contributed by atoms with Crippen molar-refractivity contribution in [3.63, 3.8) is 0 Å². The molecule has 18 heavy (non-hydrogen) atoms. The van der Waals surface area contributed by atoms with Gasteiger partial charge in [-0.25, -0.2) is 4.98 Å². The molecular weight excluding hydrogens is 248 g/mol. The minimum absolute atomic E-state index is 0.368. The lowest BCUT2D eigenvalue weighted by molar-refractivity contribution is -0.138. The van der Waals surface area contributed by atoms with Crippen LogP contribution in [-0.2, 0) is 11.2 Å². The molecule has 1 N–H and O–H groups in total. The number of hydrogen-bond donors (Lipinski definition) is 1. The first-order valence-electron chi connectivity index (χ1n) is 6.69. The van der Waals surface area contributed by atoms with Crippen molar-refractivity contribution in [2.45, 2.75) is 51.0 Å². The van der Waals surface area contributed by atoms with E-state index in [1.165, 1.54) is 17.7 Å². The van der Waals surface area contributed by atoms with Crippen LogP contribution in [0, 0.1) is 0 Å². The summed E-state index contributed by atoms with van der Waals surface area (Å²) in [7, 11) is 0. The maximum absolute atomic E-state index is 11.2. The summed E-state index contributed by atoms with van der Waals surface area (Å²) < 4.78 is 0. The molecule has 4 nitrogen and oxygen atoms in total. The Labute approximate surface area is 111 Å². The summed E-state index contributed by atoms with van der Waals surface area (Å²) in [6.07, 6.45) is 5.22. The van der Waals surface area contributed by atoms with E-state index in [1.807, 2.05) is 0 Å². The molecule has 0 bridgehead atoms. The number of hydrogen-bond acceptors (Lipinski definition) is 4. The lowest BCUT2D eigenvalue weighted by Crippen LogP contribution is -2.28. The Kier molecular flexibility index (Phi) is 3.01. The Balaban J connectivity index is 1.88. The molecule has 0 saturated carbocycles. The van der Waals surface area contributed by atoms with Crippen LogP contribution in [0.3, 0.4) is 0 Å². The minimum atomic E-state index is -0.723. The van der Waals surface area contributed by atoms with Gasteiger partial charge in [0.15, 0.2) is 5.13 Å². The number of aliphatic carboxylic acids is 1. The summed E-state index contributed by atoms with van der Waals surface area (Å²) in [6.45, 7) is 3.28. The number of aromatic nitrogens is 1. The number of fused-ring (bicyclic) bond motifs is 1. The van der Waals surface area contributed by atoms with E-state index in [1.54, 1.807) is 11.3 Å². The SMILES string of the molecule is CCC1CCCN1c1nc2c(s1)CCC2C(=O)O. The average molecular weight is 266 g/mol. The third-order valence-corrected chi connectivity index (χ3v) is 5.27. The van der Waals surface area contributed by atoms with Gasteiger partial charge in [0, 0.05) is 17.5 Å². The Morgan fingerprint density at radius 3 is 3.11 bits per heavy atom. The van der Waals surface area contributed by atoms with Crippen LogP contribution in [0.2, 0.25) is 0 Å². The van der Waals surface area contributed by atoms with E-state index in [0.717, 1.165) is 36.6 Å². The van der Waals surface area contributed by atoms with Crippen LogP contribution in [0.15, 0.2) is 0 Å². The molecule has 0 aromatic carbocycles. The van der Waals surface area contributed by atoms with Crippen LogP contribution >= 0.6 is 11.3 Å². The van der Waals surface area contributed by atoms with Gasteiger partial charge in [-0.1, -0.05) is 6.92 Å². The molecule has 2 heterocycles. The number of carboxylic acid groups (broad SMARTS) is 1. The van der Waals surface area contributed by atoms with E-state index in [9.17, 15) is 9.90 Å². The minimum Gasteiger partial charge on any atom is -0.481 e. The molecule has 2 unspecified atom stereocenters. The summed E-state index contributed by atoms with van der Waals surface area (Å²) in [4.78, 5) is 19.4. The first-order chi connectivity index (χ1) is 8.70. The van der Waals surface area contributed by atoms with Crippen LogP contribution in [0.4, 0.5) is 5.13 Å². The monoisotopic (exact) mass is 266 g/mol. The highest BCUT2D eigenvalue weighted by atomic mass is 32.1. The predicted octanol–water partition coefficient (Wildman–Crippen LogP) is 2.64. The highest BCUT2D eigenvalue weighted by molar-refractivity contribution is 7.15. The van der Waals surface area contributed by atoms with Crippen molar-refractivity contribution in [3.8, 4) is 0 Å². The van der Waals surface area contributed by atoms with Crippen molar-refractivity contribution in [3.05, 3.63) is 10.6 Å². The molecule has 0 amide bonds. The van der Waals surface area contributed by atoms with Gasteiger partial charge in [-0.3, -0.25) is 4.79 Å². The molecule has 1 aromatic rings. The Hall–Kier alpha value is -1.10. The van der Waals surface area contributed by atoms with Crippen LogP contribution in [0.5, 0.6) is 0 Å². The van der Waals surface area contributed by atoms with E-state index in [0.29, 0.717) is 6.04 Å². The van der Waals surface area contributed by atoms with Crippen molar-refractivity contribution < 1.29 is 9.90 Å². The van der Waals surface area contributed by atoms with Gasteiger partial charge >= 0.3 is 5.97 Å². The highest BCUT2D eigenvalue weighted by Crippen LogP contribution is 2.41. The molecule has 1 aromatic heterocycles. The fraction of sp³-hybridized carbons (Fsp3) is 0.692. The lowest BCUT2D eigenvalue weighted by Gasteiger charge is -2.22. The van der Waals surface area contributed by atoms with Crippen molar-refractivity contribution >= 4 is 22.4 Å². The first-order valence-corrected chi connectivity index (χ1v) is 7.51. The standard InChI is InChI=1S/C13H18N2O2S/c1-2-8-4-3-7-15(8)13-14-11-9(12(16)17)5-6-10(11)18-13/h8-9H,2-7H2,1H3,(H,16,17). The van der Waals surface area contributed by atoms with Crippen molar-refractivity contribution in [1.29, 1.82) is 0 Å². The van der Waals surface area contributed by atoms with Crippen molar-refractivity contribution in [1.82, 2.24) is 4.98 Å².